The summed E-state index contributed by atoms with van der Waals surface area (Å²) in [4.78, 5) is 4.58. The number of nitrogen functional groups attached to an aromatic ring is 1. The molecule has 0 unspecified atom stereocenters. The van der Waals surface area contributed by atoms with Gasteiger partial charge >= 0.3 is 0 Å². The zero-order chi connectivity index (χ0) is 13.5. The van der Waals surface area contributed by atoms with Crippen LogP contribution >= 0.6 is 11.8 Å². The molecular weight excluding hydrogens is 254 g/mol. The number of benzene rings is 1. The van der Waals surface area contributed by atoms with Gasteiger partial charge in [-0.05, 0) is 55.2 Å². The van der Waals surface area contributed by atoms with Crippen LogP contribution in [0.5, 0.6) is 0 Å². The Morgan fingerprint density at radius 2 is 2.05 bits per heavy atom. The fourth-order valence-electron chi connectivity index (χ4n) is 2.01. The third-order valence-corrected chi connectivity index (χ3v) is 3.74. The average molecular weight is 275 g/mol. The van der Waals surface area contributed by atoms with Crippen molar-refractivity contribution in [2.75, 3.05) is 29.6 Å². The van der Waals surface area contributed by atoms with Gasteiger partial charge in [-0.3, -0.25) is 0 Å². The fraction of sp³-hybridized carbons (Fsp3) is 0.400. The summed E-state index contributed by atoms with van der Waals surface area (Å²) >= 11 is 1.92. The van der Waals surface area contributed by atoms with Gasteiger partial charge in [-0.2, -0.15) is 11.8 Å². The van der Waals surface area contributed by atoms with E-state index in [9.17, 15) is 0 Å². The molecule has 0 fully saturated rings. The summed E-state index contributed by atoms with van der Waals surface area (Å²) in [5.41, 5.74) is 7.52. The van der Waals surface area contributed by atoms with E-state index in [2.05, 4.69) is 22.6 Å². The van der Waals surface area contributed by atoms with Crippen molar-refractivity contribution in [2.45, 2.75) is 19.3 Å². The van der Waals surface area contributed by atoms with Gasteiger partial charge in [0.25, 0.3) is 0 Å². The summed E-state index contributed by atoms with van der Waals surface area (Å²) in [7, 11) is 0. The highest BCUT2D eigenvalue weighted by Crippen LogP contribution is 2.18. The van der Waals surface area contributed by atoms with E-state index in [1.54, 1.807) is 0 Å². The van der Waals surface area contributed by atoms with Gasteiger partial charge in [-0.1, -0.05) is 6.42 Å². The van der Waals surface area contributed by atoms with E-state index in [-0.39, 0.29) is 0 Å². The van der Waals surface area contributed by atoms with E-state index in [1.165, 1.54) is 25.0 Å². The molecule has 1 aromatic heterocycles. The number of hydrogen-bond donors (Lipinski definition) is 2. The van der Waals surface area contributed by atoms with Crippen molar-refractivity contribution in [2.24, 2.45) is 0 Å². The lowest BCUT2D eigenvalue weighted by Gasteiger charge is -2.07. The van der Waals surface area contributed by atoms with Gasteiger partial charge < -0.3 is 11.1 Å². The van der Waals surface area contributed by atoms with Crippen LogP contribution in [0.4, 0.5) is 11.5 Å². The number of anilines is 2. The van der Waals surface area contributed by atoms with Gasteiger partial charge in [-0.25, -0.2) is 4.98 Å². The Morgan fingerprint density at radius 3 is 2.89 bits per heavy atom. The summed E-state index contributed by atoms with van der Waals surface area (Å²) in [5.74, 6) is 2.21. The number of unbranched alkanes of at least 4 members (excludes halogenated alkanes) is 2. The number of thioether (sulfide) groups is 1. The van der Waals surface area contributed by atoms with E-state index in [0.29, 0.717) is 0 Å². The molecule has 0 aliphatic rings. The maximum atomic E-state index is 5.75. The molecule has 0 bridgehead atoms. The minimum absolute atomic E-state index is 0.781. The molecule has 19 heavy (non-hydrogen) atoms. The average Bonchev–Trinajstić information content (AvgIpc) is 2.43. The summed E-state index contributed by atoms with van der Waals surface area (Å²) in [6.45, 7) is 0.988. The van der Waals surface area contributed by atoms with Crippen molar-refractivity contribution < 1.29 is 0 Å². The number of aromatic nitrogens is 1. The lowest BCUT2D eigenvalue weighted by atomic mass is 10.2. The molecule has 0 saturated heterocycles. The largest absolute Gasteiger partial charge is 0.399 e. The Kier molecular flexibility index (Phi) is 5.33. The zero-order valence-electron chi connectivity index (χ0n) is 11.4. The normalized spacial score (nSPS) is 10.8. The van der Waals surface area contributed by atoms with Crippen LogP contribution in [0, 0.1) is 0 Å². The van der Waals surface area contributed by atoms with E-state index in [4.69, 9.17) is 5.73 Å². The van der Waals surface area contributed by atoms with Crippen molar-refractivity contribution in [3.8, 4) is 0 Å². The molecule has 0 radical (unpaired) electrons. The predicted octanol–water partition coefficient (Wildman–Crippen LogP) is 3.76. The highest BCUT2D eigenvalue weighted by Gasteiger charge is 1.98. The third-order valence-electron chi connectivity index (χ3n) is 3.04. The van der Waals surface area contributed by atoms with Gasteiger partial charge in [0, 0.05) is 17.6 Å². The molecule has 3 N–H and O–H groups in total. The van der Waals surface area contributed by atoms with Crippen molar-refractivity contribution in [3.63, 3.8) is 0 Å². The second-order valence-corrected chi connectivity index (χ2v) is 5.61. The van der Waals surface area contributed by atoms with Gasteiger partial charge in [0.2, 0.25) is 0 Å². The molecule has 2 aromatic rings. The molecule has 102 valence electrons. The predicted molar refractivity (Wildman–Crippen MR) is 86.9 cm³/mol. The zero-order valence-corrected chi connectivity index (χ0v) is 12.2. The molecule has 0 aliphatic heterocycles. The Hall–Kier alpha value is -1.42. The Morgan fingerprint density at radius 1 is 1.16 bits per heavy atom. The Labute approximate surface area is 119 Å². The topological polar surface area (TPSA) is 50.9 Å². The van der Waals surface area contributed by atoms with Gasteiger partial charge in [0.05, 0.1) is 5.52 Å². The number of hydrogen-bond acceptors (Lipinski definition) is 4. The minimum Gasteiger partial charge on any atom is -0.399 e. The molecule has 1 heterocycles. The van der Waals surface area contributed by atoms with Crippen molar-refractivity contribution in [3.05, 3.63) is 30.3 Å². The highest BCUT2D eigenvalue weighted by molar-refractivity contribution is 7.98. The standard InChI is InChI=1S/C15H21N3S/c1-19-10-4-2-3-9-17-15-8-5-12-11-13(16)6-7-14(12)18-15/h5-8,11H,2-4,9-10,16H2,1H3,(H,17,18). The molecule has 0 spiro atoms. The maximum absolute atomic E-state index is 5.75. The van der Waals surface area contributed by atoms with Crippen LogP contribution in [0.15, 0.2) is 30.3 Å². The maximum Gasteiger partial charge on any atom is 0.126 e. The Balaban J connectivity index is 1.86. The molecular formula is C15H21N3S. The number of fused-ring (bicyclic) bond motifs is 1. The molecule has 0 aliphatic carbocycles. The first kappa shape index (κ1) is 14.0. The number of pyridine rings is 1. The molecule has 2 rings (SSSR count). The van der Waals surface area contributed by atoms with Crippen molar-refractivity contribution >= 4 is 34.2 Å². The van der Waals surface area contributed by atoms with Gasteiger partial charge in [-0.15, -0.1) is 0 Å². The first-order valence-corrected chi connectivity index (χ1v) is 8.08. The SMILES string of the molecule is CSCCCCCNc1ccc2cc(N)ccc2n1. The van der Waals surface area contributed by atoms with Crippen LogP contribution in [0.3, 0.4) is 0 Å². The lowest BCUT2D eigenvalue weighted by Crippen LogP contribution is -2.03. The molecule has 0 atom stereocenters. The minimum atomic E-state index is 0.781. The van der Waals surface area contributed by atoms with Gasteiger partial charge in [0.1, 0.15) is 5.82 Å². The summed E-state index contributed by atoms with van der Waals surface area (Å²) in [6, 6.07) is 9.89. The lowest BCUT2D eigenvalue weighted by molar-refractivity contribution is 0.748. The summed E-state index contributed by atoms with van der Waals surface area (Å²) in [6.07, 6.45) is 5.93. The monoisotopic (exact) mass is 275 g/mol. The van der Waals surface area contributed by atoms with E-state index >= 15 is 0 Å². The first-order chi connectivity index (χ1) is 9.29. The van der Waals surface area contributed by atoms with Crippen LogP contribution in [-0.2, 0) is 0 Å². The van der Waals surface area contributed by atoms with Crippen LogP contribution in [0.1, 0.15) is 19.3 Å². The second-order valence-electron chi connectivity index (χ2n) is 4.63. The quantitative estimate of drug-likeness (QED) is 0.596. The smallest absolute Gasteiger partial charge is 0.126 e. The van der Waals surface area contributed by atoms with Crippen molar-refractivity contribution in [1.29, 1.82) is 0 Å². The second kappa shape index (κ2) is 7.24. The molecule has 3 nitrogen and oxygen atoms in total. The number of nitrogens with zero attached hydrogens (tertiary/aromatic N) is 1. The van der Waals surface area contributed by atoms with Crippen molar-refractivity contribution in [1.82, 2.24) is 4.98 Å². The van der Waals surface area contributed by atoms with E-state index in [1.807, 2.05) is 36.0 Å². The van der Waals surface area contributed by atoms with Crippen LogP contribution in [0.25, 0.3) is 10.9 Å². The summed E-state index contributed by atoms with van der Waals surface area (Å²) < 4.78 is 0. The molecule has 0 saturated carbocycles. The van der Waals surface area contributed by atoms with Gasteiger partial charge in [0.15, 0.2) is 0 Å². The highest BCUT2D eigenvalue weighted by atomic mass is 32.2. The first-order valence-electron chi connectivity index (χ1n) is 6.69. The van der Waals surface area contributed by atoms with Crippen LogP contribution < -0.4 is 11.1 Å². The number of nitrogens with two attached hydrogens (primary N) is 1. The fourth-order valence-corrected chi connectivity index (χ4v) is 2.50. The van der Waals surface area contributed by atoms with Crippen LogP contribution in [-0.4, -0.2) is 23.5 Å². The number of nitrogens with one attached hydrogen (secondary N) is 1. The van der Waals surface area contributed by atoms with E-state index in [0.717, 1.165) is 29.0 Å². The van der Waals surface area contributed by atoms with E-state index < -0.39 is 0 Å². The molecule has 1 aromatic carbocycles. The third kappa shape index (κ3) is 4.31. The summed E-state index contributed by atoms with van der Waals surface area (Å²) in [5, 5.41) is 4.47. The van der Waals surface area contributed by atoms with Crippen LogP contribution in [0.2, 0.25) is 0 Å². The molecule has 4 heteroatoms. The molecule has 0 amide bonds. The number of rotatable bonds is 7. The Bertz CT molecular complexity index is 528.